The van der Waals surface area contributed by atoms with Gasteiger partial charge >= 0.3 is 0 Å². The number of carbonyl (C=O) groups excluding carboxylic acids is 3. The lowest BCUT2D eigenvalue weighted by atomic mass is 9.64. The molecular weight excluding hydrogens is 322 g/mol. The maximum Gasteiger partial charge on any atom is 0.239 e. The molecule has 0 aromatic heterocycles. The van der Waals surface area contributed by atoms with E-state index in [0.29, 0.717) is 43.2 Å². The highest BCUT2D eigenvalue weighted by Crippen LogP contribution is 2.69. The van der Waals surface area contributed by atoms with Gasteiger partial charge in [-0.3, -0.25) is 14.4 Å². The number of ketones is 2. The molecule has 25 heavy (non-hydrogen) atoms. The van der Waals surface area contributed by atoms with E-state index >= 15 is 0 Å². The number of carbonyl (C=O) groups is 3. The van der Waals surface area contributed by atoms with Gasteiger partial charge in [0.1, 0.15) is 18.6 Å². The molecular formula is C19H21NO5. The van der Waals surface area contributed by atoms with Gasteiger partial charge in [-0.15, -0.1) is 0 Å². The maximum atomic E-state index is 13.1. The SMILES string of the molecule is CC1(C)[C@]2(C(=O)Nc3ccc4c(c3)OCCO4)CC[C@@]1(C)C(=O)C2=O. The first-order valence-electron chi connectivity index (χ1n) is 8.54. The Hall–Kier alpha value is -2.37. The van der Waals surface area contributed by atoms with Crippen molar-refractivity contribution in [3.63, 3.8) is 0 Å². The van der Waals surface area contributed by atoms with E-state index in [4.69, 9.17) is 9.47 Å². The molecule has 0 saturated heterocycles. The highest BCUT2D eigenvalue weighted by molar-refractivity contribution is 6.49. The average molecular weight is 343 g/mol. The quantitative estimate of drug-likeness (QED) is 0.658. The number of hydrogen-bond acceptors (Lipinski definition) is 5. The third kappa shape index (κ3) is 1.77. The van der Waals surface area contributed by atoms with Gasteiger partial charge in [0.25, 0.3) is 0 Å². The molecule has 1 aliphatic heterocycles. The molecule has 1 aromatic rings. The third-order valence-electron chi connectivity index (χ3n) is 6.73. The molecule has 1 aromatic carbocycles. The molecule has 6 heteroatoms. The zero-order valence-corrected chi connectivity index (χ0v) is 14.6. The highest BCUT2D eigenvalue weighted by Gasteiger charge is 2.77. The van der Waals surface area contributed by atoms with Crippen molar-refractivity contribution in [3.05, 3.63) is 18.2 Å². The van der Waals surface area contributed by atoms with Crippen LogP contribution < -0.4 is 14.8 Å². The molecule has 6 nitrogen and oxygen atoms in total. The van der Waals surface area contributed by atoms with Crippen LogP contribution in [0.2, 0.25) is 0 Å². The standard InChI is InChI=1S/C19H21NO5/c1-17(2)18(3)6-7-19(17,15(22)14(18)21)16(23)20-11-4-5-12-13(10-11)25-9-8-24-12/h4-5,10H,6-9H2,1-3H3,(H,20,23)/t18-,19+/m0/s1. The van der Waals surface area contributed by atoms with Gasteiger partial charge in [-0.05, 0) is 30.4 Å². The van der Waals surface area contributed by atoms with E-state index in [1.165, 1.54) is 0 Å². The fourth-order valence-electron chi connectivity index (χ4n) is 4.63. The summed E-state index contributed by atoms with van der Waals surface area (Å²) in [6, 6.07) is 5.13. The first-order valence-corrected chi connectivity index (χ1v) is 8.54. The Balaban J connectivity index is 1.67. The summed E-state index contributed by atoms with van der Waals surface area (Å²) in [5, 5.41) is 2.83. The zero-order valence-electron chi connectivity index (χ0n) is 14.6. The highest BCUT2D eigenvalue weighted by atomic mass is 16.6. The van der Waals surface area contributed by atoms with Crippen LogP contribution in [0.25, 0.3) is 0 Å². The van der Waals surface area contributed by atoms with Crippen molar-refractivity contribution in [1.82, 2.24) is 0 Å². The Kier molecular flexibility index (Phi) is 3.12. The van der Waals surface area contributed by atoms with Crippen molar-refractivity contribution < 1.29 is 23.9 Å². The van der Waals surface area contributed by atoms with Crippen LogP contribution in [0, 0.1) is 16.2 Å². The summed E-state index contributed by atoms with van der Waals surface area (Å²) in [4.78, 5) is 38.3. The lowest BCUT2D eigenvalue weighted by Crippen LogP contribution is -2.47. The second-order valence-electron chi connectivity index (χ2n) is 7.83. The molecule has 3 aliphatic rings. The Labute approximate surface area is 145 Å². The number of anilines is 1. The van der Waals surface area contributed by atoms with Crippen LogP contribution in [0.1, 0.15) is 33.6 Å². The molecule has 2 bridgehead atoms. The minimum Gasteiger partial charge on any atom is -0.486 e. The van der Waals surface area contributed by atoms with Gasteiger partial charge < -0.3 is 14.8 Å². The molecule has 1 heterocycles. The van der Waals surface area contributed by atoms with Crippen molar-refractivity contribution in [2.45, 2.75) is 33.6 Å². The van der Waals surface area contributed by atoms with Gasteiger partial charge in [0.2, 0.25) is 17.5 Å². The topological polar surface area (TPSA) is 81.7 Å². The molecule has 0 unspecified atom stereocenters. The number of hydrogen-bond donors (Lipinski definition) is 1. The second kappa shape index (κ2) is 4.84. The van der Waals surface area contributed by atoms with E-state index in [-0.39, 0.29) is 0 Å². The first kappa shape index (κ1) is 16.1. The van der Waals surface area contributed by atoms with Crippen LogP contribution in [-0.4, -0.2) is 30.7 Å². The van der Waals surface area contributed by atoms with Gasteiger partial charge in [0.15, 0.2) is 11.5 Å². The summed E-state index contributed by atoms with van der Waals surface area (Å²) in [7, 11) is 0. The zero-order chi connectivity index (χ0) is 18.0. The van der Waals surface area contributed by atoms with Crippen molar-refractivity contribution in [2.24, 2.45) is 16.2 Å². The molecule has 132 valence electrons. The Bertz CT molecular complexity index is 814. The summed E-state index contributed by atoms with van der Waals surface area (Å²) in [6.07, 6.45) is 0.955. The van der Waals surface area contributed by atoms with Gasteiger partial charge in [0, 0.05) is 17.2 Å². The Morgan fingerprint density at radius 2 is 1.68 bits per heavy atom. The number of rotatable bonds is 2. The normalized spacial score (nSPS) is 32.0. The maximum absolute atomic E-state index is 13.1. The minimum absolute atomic E-state index is 0.400. The number of nitrogens with one attached hydrogen (secondary N) is 1. The number of ether oxygens (including phenoxy) is 2. The molecule has 2 atom stereocenters. The minimum atomic E-state index is -1.30. The summed E-state index contributed by atoms with van der Waals surface area (Å²) < 4.78 is 11.0. The van der Waals surface area contributed by atoms with E-state index in [1.54, 1.807) is 25.1 Å². The van der Waals surface area contributed by atoms with E-state index in [1.807, 2.05) is 13.8 Å². The fraction of sp³-hybridized carbons (Fsp3) is 0.526. The molecule has 2 fully saturated rings. The first-order chi connectivity index (χ1) is 11.7. The van der Waals surface area contributed by atoms with Crippen LogP contribution in [-0.2, 0) is 14.4 Å². The van der Waals surface area contributed by atoms with Crippen LogP contribution in [0.5, 0.6) is 11.5 Å². The summed E-state index contributed by atoms with van der Waals surface area (Å²) >= 11 is 0. The molecule has 1 amide bonds. The van der Waals surface area contributed by atoms with Crippen molar-refractivity contribution in [2.75, 3.05) is 18.5 Å². The van der Waals surface area contributed by atoms with Crippen LogP contribution in [0.15, 0.2) is 18.2 Å². The van der Waals surface area contributed by atoms with Crippen LogP contribution >= 0.6 is 0 Å². The van der Waals surface area contributed by atoms with Crippen LogP contribution in [0.4, 0.5) is 5.69 Å². The van der Waals surface area contributed by atoms with Crippen molar-refractivity contribution >= 4 is 23.2 Å². The largest absolute Gasteiger partial charge is 0.486 e. The van der Waals surface area contributed by atoms with E-state index in [0.717, 1.165) is 0 Å². The summed E-state index contributed by atoms with van der Waals surface area (Å²) in [6.45, 7) is 6.45. The van der Waals surface area contributed by atoms with Crippen molar-refractivity contribution in [1.29, 1.82) is 0 Å². The van der Waals surface area contributed by atoms with Crippen LogP contribution in [0.3, 0.4) is 0 Å². The number of Topliss-reactive ketones (excluding diaryl/α,β-unsaturated/α-hetero) is 2. The lowest BCUT2D eigenvalue weighted by Gasteiger charge is -2.37. The van der Waals surface area contributed by atoms with E-state index in [9.17, 15) is 14.4 Å². The fourth-order valence-corrected chi connectivity index (χ4v) is 4.63. The molecule has 2 aliphatic carbocycles. The van der Waals surface area contributed by atoms with Crippen molar-refractivity contribution in [3.8, 4) is 11.5 Å². The summed E-state index contributed by atoms with van der Waals surface area (Å²) in [5.74, 6) is -0.190. The third-order valence-corrected chi connectivity index (χ3v) is 6.73. The van der Waals surface area contributed by atoms with Gasteiger partial charge in [-0.2, -0.15) is 0 Å². The lowest BCUT2D eigenvalue weighted by molar-refractivity contribution is -0.147. The molecule has 0 radical (unpaired) electrons. The summed E-state index contributed by atoms with van der Waals surface area (Å²) in [5.41, 5.74) is -2.26. The smallest absolute Gasteiger partial charge is 0.239 e. The average Bonchev–Trinajstić information content (AvgIpc) is 2.86. The Morgan fingerprint density at radius 3 is 2.32 bits per heavy atom. The van der Waals surface area contributed by atoms with Gasteiger partial charge in [-0.25, -0.2) is 0 Å². The predicted octanol–water partition coefficient (Wildman–Crippen LogP) is 2.36. The molecule has 4 rings (SSSR count). The number of benzene rings is 1. The molecule has 2 saturated carbocycles. The van der Waals surface area contributed by atoms with E-state index < -0.39 is 33.7 Å². The molecule has 1 N–H and O–H groups in total. The Morgan fingerprint density at radius 1 is 1.00 bits per heavy atom. The number of fused-ring (bicyclic) bond motifs is 3. The molecule has 0 spiro atoms. The second-order valence-corrected chi connectivity index (χ2v) is 7.83. The van der Waals surface area contributed by atoms with Gasteiger partial charge in [-0.1, -0.05) is 20.8 Å². The predicted molar refractivity (Wildman–Crippen MR) is 89.6 cm³/mol. The van der Waals surface area contributed by atoms with Gasteiger partial charge in [0.05, 0.1) is 0 Å². The monoisotopic (exact) mass is 343 g/mol. The number of amides is 1. The van der Waals surface area contributed by atoms with E-state index in [2.05, 4.69) is 5.32 Å².